The fraction of sp³-hybridized carbons (Fsp3) is 1.00. The van der Waals surface area contributed by atoms with E-state index in [1.807, 2.05) is 13.8 Å². The first-order valence-electron chi connectivity index (χ1n) is 4.93. The van der Waals surface area contributed by atoms with E-state index in [4.69, 9.17) is 14.2 Å². The molecule has 0 aromatic heterocycles. The molecule has 1 fully saturated rings. The van der Waals surface area contributed by atoms with E-state index in [0.717, 1.165) is 6.42 Å². The van der Waals surface area contributed by atoms with Gasteiger partial charge < -0.3 is 14.2 Å². The van der Waals surface area contributed by atoms with E-state index in [2.05, 4.69) is 7.85 Å². The summed E-state index contributed by atoms with van der Waals surface area (Å²) in [5.41, 5.74) is 0. The van der Waals surface area contributed by atoms with Crippen molar-refractivity contribution < 1.29 is 14.2 Å². The van der Waals surface area contributed by atoms with E-state index in [1.54, 1.807) is 7.11 Å². The minimum absolute atomic E-state index is 0.113. The van der Waals surface area contributed by atoms with Crippen LogP contribution in [0.25, 0.3) is 0 Å². The molecule has 3 atom stereocenters. The molecule has 1 saturated heterocycles. The SMILES string of the molecule is B[C@H]1CC(OC(C)C)[C@@H](COC)O1. The molecule has 0 N–H and O–H groups in total. The second kappa shape index (κ2) is 4.98. The highest BCUT2D eigenvalue weighted by Crippen LogP contribution is 2.22. The summed E-state index contributed by atoms with van der Waals surface area (Å²) < 4.78 is 16.5. The molecule has 0 amide bonds. The average Bonchev–Trinajstić information content (AvgIpc) is 2.31. The molecule has 1 unspecified atom stereocenters. The van der Waals surface area contributed by atoms with Crippen molar-refractivity contribution in [3.05, 3.63) is 0 Å². The largest absolute Gasteiger partial charge is 0.382 e. The minimum Gasteiger partial charge on any atom is -0.382 e. The Bertz CT molecular complexity index is 152. The lowest BCUT2D eigenvalue weighted by Crippen LogP contribution is -2.30. The summed E-state index contributed by atoms with van der Waals surface area (Å²) in [6.07, 6.45) is 1.56. The number of hydrogen-bond acceptors (Lipinski definition) is 3. The average molecular weight is 186 g/mol. The highest BCUT2D eigenvalue weighted by Gasteiger charge is 2.33. The van der Waals surface area contributed by atoms with E-state index < -0.39 is 0 Å². The lowest BCUT2D eigenvalue weighted by molar-refractivity contribution is -0.0648. The van der Waals surface area contributed by atoms with Gasteiger partial charge in [0.15, 0.2) is 0 Å². The first-order valence-corrected chi connectivity index (χ1v) is 4.93. The molecule has 0 aromatic carbocycles. The molecule has 13 heavy (non-hydrogen) atoms. The Kier molecular flexibility index (Phi) is 4.23. The van der Waals surface area contributed by atoms with Crippen LogP contribution in [0.2, 0.25) is 0 Å². The van der Waals surface area contributed by atoms with Crippen molar-refractivity contribution in [3.63, 3.8) is 0 Å². The Balaban J connectivity index is 2.40. The molecule has 3 nitrogen and oxygen atoms in total. The van der Waals surface area contributed by atoms with Crippen LogP contribution in [0.1, 0.15) is 20.3 Å². The molecule has 4 heteroatoms. The maximum Gasteiger partial charge on any atom is 0.139 e. The molecule has 1 aliphatic rings. The lowest BCUT2D eigenvalue weighted by atomic mass is 9.96. The Morgan fingerprint density at radius 1 is 1.54 bits per heavy atom. The summed E-state index contributed by atoms with van der Waals surface area (Å²) in [6.45, 7) is 4.72. The zero-order chi connectivity index (χ0) is 9.84. The Hall–Kier alpha value is -0.0551. The molecule has 0 spiro atoms. The van der Waals surface area contributed by atoms with Crippen molar-refractivity contribution >= 4 is 7.85 Å². The van der Waals surface area contributed by atoms with E-state index in [9.17, 15) is 0 Å². The van der Waals surface area contributed by atoms with Crippen LogP contribution in [0.5, 0.6) is 0 Å². The smallest absolute Gasteiger partial charge is 0.139 e. The van der Waals surface area contributed by atoms with Gasteiger partial charge >= 0.3 is 0 Å². The predicted molar refractivity (Wildman–Crippen MR) is 53.7 cm³/mol. The normalized spacial score (nSPS) is 34.3. The predicted octanol–water partition coefficient (Wildman–Crippen LogP) is 0.174. The third kappa shape index (κ3) is 3.29. The third-order valence-corrected chi connectivity index (χ3v) is 2.16. The highest BCUT2D eigenvalue weighted by atomic mass is 16.6. The summed E-state index contributed by atoms with van der Waals surface area (Å²) in [4.78, 5) is 0. The summed E-state index contributed by atoms with van der Waals surface area (Å²) in [7, 11) is 3.77. The molecule has 1 aliphatic heterocycles. The van der Waals surface area contributed by atoms with Gasteiger partial charge in [-0.2, -0.15) is 0 Å². The van der Waals surface area contributed by atoms with Crippen molar-refractivity contribution in [2.45, 2.75) is 44.6 Å². The van der Waals surface area contributed by atoms with Gasteiger partial charge in [0.25, 0.3) is 0 Å². The first kappa shape index (κ1) is 11.0. The summed E-state index contributed by atoms with van der Waals surface area (Å²) >= 11 is 0. The fourth-order valence-corrected chi connectivity index (χ4v) is 1.72. The van der Waals surface area contributed by atoms with E-state index in [1.165, 1.54) is 0 Å². The molecular weight excluding hydrogens is 167 g/mol. The van der Waals surface area contributed by atoms with Crippen LogP contribution in [-0.4, -0.2) is 45.9 Å². The fourth-order valence-electron chi connectivity index (χ4n) is 1.72. The molecule has 0 aromatic rings. The van der Waals surface area contributed by atoms with Crippen molar-refractivity contribution in [2.75, 3.05) is 13.7 Å². The van der Waals surface area contributed by atoms with Crippen molar-refractivity contribution in [1.29, 1.82) is 0 Å². The highest BCUT2D eigenvalue weighted by molar-refractivity contribution is 6.11. The summed E-state index contributed by atoms with van der Waals surface area (Å²) in [5.74, 6) is 0. The van der Waals surface area contributed by atoms with Gasteiger partial charge in [0, 0.05) is 13.1 Å². The lowest BCUT2D eigenvalue weighted by Gasteiger charge is -2.20. The van der Waals surface area contributed by atoms with E-state index >= 15 is 0 Å². The first-order chi connectivity index (χ1) is 6.13. The van der Waals surface area contributed by atoms with Gasteiger partial charge in [-0.1, -0.05) is 0 Å². The third-order valence-electron chi connectivity index (χ3n) is 2.16. The Morgan fingerprint density at radius 2 is 2.23 bits per heavy atom. The molecule has 0 saturated carbocycles. The van der Waals surface area contributed by atoms with Crippen LogP contribution in [0.15, 0.2) is 0 Å². The van der Waals surface area contributed by atoms with E-state index in [0.29, 0.717) is 12.6 Å². The van der Waals surface area contributed by atoms with Crippen molar-refractivity contribution in [1.82, 2.24) is 0 Å². The number of rotatable bonds is 4. The van der Waals surface area contributed by atoms with Crippen LogP contribution < -0.4 is 0 Å². The molecular formula is C9H19BO3. The second-order valence-corrected chi connectivity index (χ2v) is 3.90. The number of ether oxygens (including phenoxy) is 3. The molecule has 1 heterocycles. The molecule has 0 bridgehead atoms. The molecule has 0 radical (unpaired) electrons. The van der Waals surface area contributed by atoms with Crippen LogP contribution in [-0.2, 0) is 14.2 Å². The second-order valence-electron chi connectivity index (χ2n) is 3.90. The Morgan fingerprint density at radius 3 is 2.77 bits per heavy atom. The van der Waals surface area contributed by atoms with Crippen LogP contribution >= 0.6 is 0 Å². The maximum absolute atomic E-state index is 5.74. The molecule has 0 aliphatic carbocycles. The zero-order valence-electron chi connectivity index (χ0n) is 8.95. The van der Waals surface area contributed by atoms with Gasteiger partial charge in [0.05, 0.1) is 18.8 Å². The number of hydrogen-bond donors (Lipinski definition) is 0. The van der Waals surface area contributed by atoms with Gasteiger partial charge in [-0.3, -0.25) is 0 Å². The standard InChI is InChI=1S/C9H19BO3/c1-6(2)12-7-4-9(10)13-8(7)5-11-3/h6-9H,4-5,10H2,1-3H3/t7?,8-,9-/m1/s1. The molecule has 1 rings (SSSR count). The minimum atomic E-state index is 0.113. The summed E-state index contributed by atoms with van der Waals surface area (Å²) in [5, 5.41) is 0. The van der Waals surface area contributed by atoms with E-state index in [-0.39, 0.29) is 18.3 Å². The van der Waals surface area contributed by atoms with Gasteiger partial charge in [-0.25, -0.2) is 0 Å². The monoisotopic (exact) mass is 186 g/mol. The van der Waals surface area contributed by atoms with Crippen LogP contribution in [0.3, 0.4) is 0 Å². The van der Waals surface area contributed by atoms with Crippen molar-refractivity contribution in [2.24, 2.45) is 0 Å². The number of methoxy groups -OCH3 is 1. The van der Waals surface area contributed by atoms with Gasteiger partial charge in [-0.15, -0.1) is 0 Å². The summed E-state index contributed by atoms with van der Waals surface area (Å²) in [6, 6.07) is 0.295. The zero-order valence-corrected chi connectivity index (χ0v) is 8.95. The maximum atomic E-state index is 5.74. The molecule has 76 valence electrons. The van der Waals surface area contributed by atoms with Gasteiger partial charge in [-0.05, 0) is 20.3 Å². The topological polar surface area (TPSA) is 27.7 Å². The Labute approximate surface area is 81.1 Å². The van der Waals surface area contributed by atoms with Gasteiger partial charge in [0.1, 0.15) is 14.0 Å². The van der Waals surface area contributed by atoms with Crippen LogP contribution in [0.4, 0.5) is 0 Å². The van der Waals surface area contributed by atoms with Crippen molar-refractivity contribution in [3.8, 4) is 0 Å². The van der Waals surface area contributed by atoms with Crippen LogP contribution in [0, 0.1) is 0 Å². The quantitative estimate of drug-likeness (QED) is 0.586. The van der Waals surface area contributed by atoms with Gasteiger partial charge in [0.2, 0.25) is 0 Å².